The highest BCUT2D eigenvalue weighted by atomic mass is 16.5. The van der Waals surface area contributed by atoms with Gasteiger partial charge in [-0.15, -0.1) is 0 Å². The van der Waals surface area contributed by atoms with Gasteiger partial charge in [0.1, 0.15) is 11.5 Å². The average Bonchev–Trinajstić information content (AvgIpc) is 2.28. The molecule has 0 aliphatic heterocycles. The zero-order chi connectivity index (χ0) is 13.0. The van der Waals surface area contributed by atoms with E-state index in [4.69, 9.17) is 14.6 Å². The fourth-order valence-corrected chi connectivity index (χ4v) is 1.72. The smallest absolute Gasteiger partial charge is 0.335 e. The second kappa shape index (κ2) is 5.57. The van der Waals surface area contributed by atoms with Gasteiger partial charge < -0.3 is 14.6 Å². The lowest BCUT2D eigenvalue weighted by molar-refractivity contribution is 0.0696. The Hall–Kier alpha value is -1.71. The van der Waals surface area contributed by atoms with Gasteiger partial charge in [-0.3, -0.25) is 0 Å². The van der Waals surface area contributed by atoms with Crippen molar-refractivity contribution in [2.45, 2.75) is 20.3 Å². The number of carboxylic acid groups (broad SMARTS) is 1. The minimum atomic E-state index is -0.988. The summed E-state index contributed by atoms with van der Waals surface area (Å²) in [4.78, 5) is 11.0. The van der Waals surface area contributed by atoms with Crippen LogP contribution in [-0.4, -0.2) is 25.3 Å². The van der Waals surface area contributed by atoms with Gasteiger partial charge in [-0.25, -0.2) is 4.79 Å². The van der Waals surface area contributed by atoms with Crippen molar-refractivity contribution in [1.82, 2.24) is 0 Å². The number of hydrogen-bond acceptors (Lipinski definition) is 3. The van der Waals surface area contributed by atoms with Crippen LogP contribution in [-0.2, 0) is 6.42 Å². The number of hydrogen-bond donors (Lipinski definition) is 1. The molecular formula is C13H18O4. The molecular weight excluding hydrogens is 220 g/mol. The highest BCUT2D eigenvalue weighted by Gasteiger charge is 2.16. The van der Waals surface area contributed by atoms with Crippen molar-refractivity contribution in [2.24, 2.45) is 5.92 Å². The van der Waals surface area contributed by atoms with Gasteiger partial charge in [0, 0.05) is 5.56 Å². The number of aromatic carboxylic acids is 1. The molecule has 0 aliphatic rings. The first-order valence-corrected chi connectivity index (χ1v) is 5.47. The zero-order valence-electron chi connectivity index (χ0n) is 10.6. The van der Waals surface area contributed by atoms with Crippen LogP contribution >= 0.6 is 0 Å². The Morgan fingerprint density at radius 1 is 1.24 bits per heavy atom. The van der Waals surface area contributed by atoms with Gasteiger partial charge in [-0.05, 0) is 24.5 Å². The topological polar surface area (TPSA) is 55.8 Å². The SMILES string of the molecule is COc1cc(C(=O)O)cc(OC)c1CC(C)C. The lowest BCUT2D eigenvalue weighted by atomic mass is 9.99. The number of carbonyl (C=O) groups is 1. The van der Waals surface area contributed by atoms with Gasteiger partial charge in [0.05, 0.1) is 19.8 Å². The van der Waals surface area contributed by atoms with E-state index in [1.54, 1.807) is 0 Å². The van der Waals surface area contributed by atoms with Crippen molar-refractivity contribution in [3.05, 3.63) is 23.3 Å². The standard InChI is InChI=1S/C13H18O4/c1-8(2)5-10-11(16-3)6-9(13(14)15)7-12(10)17-4/h6-8H,5H2,1-4H3,(H,14,15). The molecule has 0 unspecified atom stereocenters. The van der Waals surface area contributed by atoms with Crippen LogP contribution in [0, 0.1) is 5.92 Å². The Morgan fingerprint density at radius 2 is 1.71 bits per heavy atom. The minimum Gasteiger partial charge on any atom is -0.496 e. The molecule has 1 aromatic carbocycles. The van der Waals surface area contributed by atoms with Crippen molar-refractivity contribution < 1.29 is 19.4 Å². The molecule has 0 fully saturated rings. The molecule has 94 valence electrons. The van der Waals surface area contributed by atoms with E-state index in [2.05, 4.69) is 13.8 Å². The van der Waals surface area contributed by atoms with Crippen LogP contribution < -0.4 is 9.47 Å². The molecule has 0 bridgehead atoms. The van der Waals surface area contributed by atoms with Crippen LogP contribution in [0.15, 0.2) is 12.1 Å². The van der Waals surface area contributed by atoms with Crippen LogP contribution in [0.4, 0.5) is 0 Å². The molecule has 0 heterocycles. The van der Waals surface area contributed by atoms with Crippen molar-refractivity contribution in [3.63, 3.8) is 0 Å². The van der Waals surface area contributed by atoms with E-state index in [0.717, 1.165) is 12.0 Å². The normalized spacial score (nSPS) is 10.4. The molecule has 0 saturated heterocycles. The maximum Gasteiger partial charge on any atom is 0.335 e. The zero-order valence-corrected chi connectivity index (χ0v) is 10.6. The summed E-state index contributed by atoms with van der Waals surface area (Å²) in [5.41, 5.74) is 1.08. The third-order valence-electron chi connectivity index (χ3n) is 2.47. The van der Waals surface area contributed by atoms with E-state index in [-0.39, 0.29) is 5.56 Å². The van der Waals surface area contributed by atoms with Crippen molar-refractivity contribution >= 4 is 5.97 Å². The Bertz CT molecular complexity index is 385. The predicted molar refractivity (Wildman–Crippen MR) is 65.0 cm³/mol. The molecule has 4 heteroatoms. The van der Waals surface area contributed by atoms with Crippen molar-refractivity contribution in [1.29, 1.82) is 0 Å². The molecule has 0 aliphatic carbocycles. The Labute approximate surface area is 101 Å². The fraction of sp³-hybridized carbons (Fsp3) is 0.462. The predicted octanol–water partition coefficient (Wildman–Crippen LogP) is 2.60. The first-order valence-electron chi connectivity index (χ1n) is 5.47. The van der Waals surface area contributed by atoms with E-state index in [9.17, 15) is 4.79 Å². The summed E-state index contributed by atoms with van der Waals surface area (Å²) in [6, 6.07) is 3.06. The molecule has 0 saturated carbocycles. The third-order valence-corrected chi connectivity index (χ3v) is 2.47. The largest absolute Gasteiger partial charge is 0.496 e. The van der Waals surface area contributed by atoms with E-state index >= 15 is 0 Å². The summed E-state index contributed by atoms with van der Waals surface area (Å²) in [5, 5.41) is 8.99. The maximum atomic E-state index is 11.0. The van der Waals surface area contributed by atoms with Crippen molar-refractivity contribution in [2.75, 3.05) is 14.2 Å². The molecule has 1 rings (SSSR count). The molecule has 0 amide bonds. The fourth-order valence-electron chi connectivity index (χ4n) is 1.72. The third kappa shape index (κ3) is 3.12. The van der Waals surface area contributed by atoms with Crippen LogP contribution in [0.3, 0.4) is 0 Å². The van der Waals surface area contributed by atoms with E-state index in [1.165, 1.54) is 26.4 Å². The van der Waals surface area contributed by atoms with Gasteiger partial charge in [-0.2, -0.15) is 0 Å². The number of carboxylic acids is 1. The summed E-state index contributed by atoms with van der Waals surface area (Å²) in [6.45, 7) is 4.17. The number of rotatable bonds is 5. The van der Waals surface area contributed by atoms with Gasteiger partial charge in [-0.1, -0.05) is 13.8 Å². The summed E-state index contributed by atoms with van der Waals surface area (Å²) in [5.74, 6) is 0.581. The summed E-state index contributed by atoms with van der Waals surface area (Å²) in [6.07, 6.45) is 0.784. The van der Waals surface area contributed by atoms with Gasteiger partial charge in [0.2, 0.25) is 0 Å². The molecule has 0 radical (unpaired) electrons. The molecule has 0 aromatic heterocycles. The monoisotopic (exact) mass is 238 g/mol. The lowest BCUT2D eigenvalue weighted by Gasteiger charge is -2.15. The van der Waals surface area contributed by atoms with E-state index in [0.29, 0.717) is 17.4 Å². The Kier molecular flexibility index (Phi) is 4.37. The summed E-state index contributed by atoms with van der Waals surface area (Å²) >= 11 is 0. The van der Waals surface area contributed by atoms with E-state index in [1.807, 2.05) is 0 Å². The highest BCUT2D eigenvalue weighted by molar-refractivity contribution is 5.89. The second-order valence-corrected chi connectivity index (χ2v) is 4.26. The Balaban J connectivity index is 3.30. The average molecular weight is 238 g/mol. The van der Waals surface area contributed by atoms with Crippen molar-refractivity contribution in [3.8, 4) is 11.5 Å². The molecule has 1 aromatic rings. The maximum absolute atomic E-state index is 11.0. The van der Waals surface area contributed by atoms with Crippen LogP contribution in [0.25, 0.3) is 0 Å². The number of ether oxygens (including phenoxy) is 2. The second-order valence-electron chi connectivity index (χ2n) is 4.26. The highest BCUT2D eigenvalue weighted by Crippen LogP contribution is 2.32. The van der Waals surface area contributed by atoms with Gasteiger partial charge in [0.15, 0.2) is 0 Å². The first-order chi connectivity index (χ1) is 7.99. The van der Waals surface area contributed by atoms with Gasteiger partial charge >= 0.3 is 5.97 Å². The number of methoxy groups -OCH3 is 2. The Morgan fingerprint density at radius 3 is 2.00 bits per heavy atom. The van der Waals surface area contributed by atoms with Crippen LogP contribution in [0.5, 0.6) is 11.5 Å². The molecule has 4 nitrogen and oxygen atoms in total. The van der Waals surface area contributed by atoms with Gasteiger partial charge in [0.25, 0.3) is 0 Å². The first kappa shape index (κ1) is 13.4. The van der Waals surface area contributed by atoms with Crippen LogP contribution in [0.2, 0.25) is 0 Å². The quantitative estimate of drug-likeness (QED) is 0.856. The molecule has 17 heavy (non-hydrogen) atoms. The lowest BCUT2D eigenvalue weighted by Crippen LogP contribution is -2.05. The van der Waals surface area contributed by atoms with E-state index < -0.39 is 5.97 Å². The molecule has 0 spiro atoms. The summed E-state index contributed by atoms with van der Waals surface area (Å²) < 4.78 is 10.5. The molecule has 0 atom stereocenters. The summed E-state index contributed by atoms with van der Waals surface area (Å²) in [7, 11) is 3.06. The number of benzene rings is 1. The minimum absolute atomic E-state index is 0.172. The van der Waals surface area contributed by atoms with Crippen LogP contribution in [0.1, 0.15) is 29.8 Å². The molecule has 1 N–H and O–H groups in total.